The number of nitrogens with one attached hydrogen (secondary N) is 2. The minimum absolute atomic E-state index is 0.293. The molecule has 0 bridgehead atoms. The SMILES string of the molecule is CCCCCCCCCCCCCCCCOC[C@H](CCC1OC(CO)C(O)C(O)C1O)NC(=O)NC. The first-order chi connectivity index (χ1) is 17.9. The zero-order chi connectivity index (χ0) is 27.3. The number of hydrogen-bond donors (Lipinski definition) is 6. The van der Waals surface area contributed by atoms with Crippen LogP contribution in [0.25, 0.3) is 0 Å². The van der Waals surface area contributed by atoms with Crippen molar-refractivity contribution in [2.24, 2.45) is 0 Å². The lowest BCUT2D eigenvalue weighted by Crippen LogP contribution is -2.58. The fourth-order valence-corrected chi connectivity index (χ4v) is 4.86. The third-order valence-electron chi connectivity index (χ3n) is 7.31. The monoisotopic (exact) mass is 532 g/mol. The van der Waals surface area contributed by atoms with Crippen LogP contribution in [0.4, 0.5) is 4.79 Å². The van der Waals surface area contributed by atoms with Gasteiger partial charge in [-0.2, -0.15) is 0 Å². The van der Waals surface area contributed by atoms with Gasteiger partial charge in [-0.05, 0) is 19.3 Å². The number of aliphatic hydroxyl groups excluding tert-OH is 4. The summed E-state index contributed by atoms with van der Waals surface area (Å²) in [6.45, 7) is 2.77. The molecule has 0 spiro atoms. The van der Waals surface area contributed by atoms with Crippen LogP contribution < -0.4 is 10.6 Å². The summed E-state index contributed by atoms with van der Waals surface area (Å²) >= 11 is 0. The van der Waals surface area contributed by atoms with Gasteiger partial charge in [-0.15, -0.1) is 0 Å². The van der Waals surface area contributed by atoms with Crippen LogP contribution in [-0.4, -0.2) is 89.9 Å². The topological polar surface area (TPSA) is 141 Å². The summed E-state index contributed by atoms with van der Waals surface area (Å²) in [6, 6.07) is -0.613. The van der Waals surface area contributed by atoms with E-state index in [1.807, 2.05) is 0 Å². The van der Waals surface area contributed by atoms with Gasteiger partial charge in [0.05, 0.1) is 25.4 Å². The highest BCUT2D eigenvalue weighted by atomic mass is 16.5. The average molecular weight is 533 g/mol. The van der Waals surface area contributed by atoms with E-state index in [4.69, 9.17) is 9.47 Å². The minimum atomic E-state index is -1.39. The van der Waals surface area contributed by atoms with Crippen molar-refractivity contribution in [3.63, 3.8) is 0 Å². The molecule has 0 aromatic heterocycles. The molecule has 37 heavy (non-hydrogen) atoms. The van der Waals surface area contributed by atoms with E-state index in [0.717, 1.165) is 12.8 Å². The molecule has 6 N–H and O–H groups in total. The Morgan fingerprint density at radius 1 is 0.811 bits per heavy atom. The maximum absolute atomic E-state index is 11.8. The summed E-state index contributed by atoms with van der Waals surface area (Å²) in [7, 11) is 1.54. The molecular weight excluding hydrogens is 476 g/mol. The maximum atomic E-state index is 11.8. The Bertz CT molecular complexity index is 553. The lowest BCUT2D eigenvalue weighted by atomic mass is 9.92. The standard InChI is InChI=1S/C28H56N2O7/c1-3-4-5-6-7-8-9-10-11-12-13-14-15-16-19-36-21-22(30-28(35)29-2)17-18-23-25(32)27(34)26(33)24(20-31)37-23/h22-27,31-34H,3-21H2,1-2H3,(H2,29,30,35)/t22-,23?,24?,25?,26?,27?/m0/s1. The smallest absolute Gasteiger partial charge is 0.314 e. The molecule has 9 heteroatoms. The summed E-state index contributed by atoms with van der Waals surface area (Å²) in [4.78, 5) is 11.8. The summed E-state index contributed by atoms with van der Waals surface area (Å²) in [5.74, 6) is 0. The van der Waals surface area contributed by atoms with E-state index in [9.17, 15) is 25.2 Å². The predicted molar refractivity (Wildman–Crippen MR) is 146 cm³/mol. The van der Waals surface area contributed by atoms with Crippen molar-refractivity contribution in [1.82, 2.24) is 10.6 Å². The normalized spacial score (nSPS) is 24.6. The molecule has 1 saturated heterocycles. The lowest BCUT2D eigenvalue weighted by molar-refractivity contribution is -0.230. The van der Waals surface area contributed by atoms with Crippen molar-refractivity contribution < 1.29 is 34.7 Å². The Hall–Kier alpha value is -0.970. The maximum Gasteiger partial charge on any atom is 0.314 e. The Morgan fingerprint density at radius 2 is 1.32 bits per heavy atom. The predicted octanol–water partition coefficient (Wildman–Crippen LogP) is 3.40. The van der Waals surface area contributed by atoms with Crippen molar-refractivity contribution in [3.8, 4) is 0 Å². The van der Waals surface area contributed by atoms with Crippen LogP contribution >= 0.6 is 0 Å². The molecule has 220 valence electrons. The Kier molecular flexibility index (Phi) is 20.2. The quantitative estimate of drug-likeness (QED) is 0.117. The second-order valence-electron chi connectivity index (χ2n) is 10.5. The minimum Gasteiger partial charge on any atom is -0.394 e. The zero-order valence-electron chi connectivity index (χ0n) is 23.4. The number of amides is 2. The number of urea groups is 1. The fraction of sp³-hybridized carbons (Fsp3) is 0.964. The molecule has 9 nitrogen and oxygen atoms in total. The summed E-state index contributed by atoms with van der Waals surface area (Å²) in [6.07, 6.45) is 13.4. The third-order valence-corrected chi connectivity index (χ3v) is 7.31. The highest BCUT2D eigenvalue weighted by molar-refractivity contribution is 5.73. The third kappa shape index (κ3) is 15.3. The average Bonchev–Trinajstić information content (AvgIpc) is 2.90. The van der Waals surface area contributed by atoms with Crippen molar-refractivity contribution in [2.45, 2.75) is 146 Å². The molecule has 1 aliphatic rings. The van der Waals surface area contributed by atoms with E-state index >= 15 is 0 Å². The first-order valence-electron chi connectivity index (χ1n) is 14.8. The molecule has 2 amide bonds. The van der Waals surface area contributed by atoms with Gasteiger partial charge in [0.2, 0.25) is 0 Å². The molecular formula is C28H56N2O7. The molecule has 1 fully saturated rings. The van der Waals surface area contributed by atoms with Gasteiger partial charge < -0.3 is 40.5 Å². The van der Waals surface area contributed by atoms with Crippen LogP contribution in [-0.2, 0) is 9.47 Å². The first-order valence-corrected chi connectivity index (χ1v) is 14.8. The highest BCUT2D eigenvalue weighted by Gasteiger charge is 2.43. The second-order valence-corrected chi connectivity index (χ2v) is 10.5. The van der Waals surface area contributed by atoms with Crippen molar-refractivity contribution >= 4 is 6.03 Å². The van der Waals surface area contributed by atoms with Gasteiger partial charge in [-0.1, -0.05) is 90.4 Å². The van der Waals surface area contributed by atoms with E-state index < -0.39 is 37.1 Å². The van der Waals surface area contributed by atoms with Gasteiger partial charge in [0, 0.05) is 13.7 Å². The number of hydrogen-bond acceptors (Lipinski definition) is 7. The Balaban J connectivity index is 2.14. The van der Waals surface area contributed by atoms with Crippen molar-refractivity contribution in [3.05, 3.63) is 0 Å². The van der Waals surface area contributed by atoms with E-state index in [1.54, 1.807) is 7.05 Å². The Labute approximate surface area is 224 Å². The Morgan fingerprint density at radius 3 is 1.84 bits per heavy atom. The molecule has 1 rings (SSSR count). The second kappa shape index (κ2) is 21.9. The van der Waals surface area contributed by atoms with E-state index in [1.165, 1.54) is 77.0 Å². The van der Waals surface area contributed by atoms with Crippen LogP contribution in [0.15, 0.2) is 0 Å². The molecule has 5 unspecified atom stereocenters. The van der Waals surface area contributed by atoms with Crippen LogP contribution in [0.2, 0.25) is 0 Å². The number of rotatable bonds is 22. The van der Waals surface area contributed by atoms with Gasteiger partial charge in [0.25, 0.3) is 0 Å². The lowest BCUT2D eigenvalue weighted by Gasteiger charge is -2.40. The molecule has 0 aliphatic carbocycles. The molecule has 1 aliphatic heterocycles. The first kappa shape index (κ1) is 34.1. The van der Waals surface area contributed by atoms with Crippen LogP contribution in [0, 0.1) is 0 Å². The van der Waals surface area contributed by atoms with Crippen LogP contribution in [0.3, 0.4) is 0 Å². The van der Waals surface area contributed by atoms with E-state index in [-0.39, 0.29) is 12.1 Å². The van der Waals surface area contributed by atoms with Gasteiger partial charge >= 0.3 is 6.03 Å². The summed E-state index contributed by atoms with van der Waals surface area (Å²) in [5.41, 5.74) is 0. The number of carbonyl (C=O) groups excluding carboxylic acids is 1. The zero-order valence-corrected chi connectivity index (χ0v) is 23.4. The highest BCUT2D eigenvalue weighted by Crippen LogP contribution is 2.24. The molecule has 0 aromatic rings. The fourth-order valence-electron chi connectivity index (χ4n) is 4.86. The van der Waals surface area contributed by atoms with E-state index in [0.29, 0.717) is 26.1 Å². The summed E-state index contributed by atoms with van der Waals surface area (Å²) < 4.78 is 11.4. The molecule has 0 radical (unpaired) electrons. The number of unbranched alkanes of at least 4 members (excludes halogenated alkanes) is 13. The van der Waals surface area contributed by atoms with Gasteiger partial charge in [0.1, 0.15) is 24.4 Å². The number of ether oxygens (including phenoxy) is 2. The van der Waals surface area contributed by atoms with Gasteiger partial charge in [-0.25, -0.2) is 4.79 Å². The van der Waals surface area contributed by atoms with Crippen LogP contribution in [0.5, 0.6) is 0 Å². The molecule has 0 aromatic carbocycles. The van der Waals surface area contributed by atoms with Crippen molar-refractivity contribution in [1.29, 1.82) is 0 Å². The number of aliphatic hydroxyl groups is 4. The number of carbonyl (C=O) groups is 1. The van der Waals surface area contributed by atoms with Gasteiger partial charge in [-0.3, -0.25) is 0 Å². The largest absolute Gasteiger partial charge is 0.394 e. The van der Waals surface area contributed by atoms with Crippen LogP contribution in [0.1, 0.15) is 110 Å². The molecule has 6 atom stereocenters. The molecule has 0 saturated carbocycles. The van der Waals surface area contributed by atoms with Gasteiger partial charge in [0.15, 0.2) is 0 Å². The summed E-state index contributed by atoms with van der Waals surface area (Å²) in [5, 5.41) is 44.9. The van der Waals surface area contributed by atoms with Crippen molar-refractivity contribution in [2.75, 3.05) is 26.9 Å². The molecule has 1 heterocycles. The van der Waals surface area contributed by atoms with E-state index in [2.05, 4.69) is 17.6 Å².